The molecule has 0 saturated heterocycles. The van der Waals surface area contributed by atoms with Crippen LogP contribution in [0.4, 0.5) is 13.2 Å². The highest BCUT2D eigenvalue weighted by molar-refractivity contribution is 6.03. The van der Waals surface area contributed by atoms with Crippen molar-refractivity contribution in [1.82, 2.24) is 5.01 Å². The van der Waals surface area contributed by atoms with Crippen LogP contribution in [-0.4, -0.2) is 47.9 Å². The number of carbonyl (C=O) groups excluding carboxylic acids is 1. The Morgan fingerprint density at radius 2 is 1.71 bits per heavy atom. The molecule has 2 aromatic rings. The number of amides is 1. The van der Waals surface area contributed by atoms with E-state index in [0.29, 0.717) is 22.6 Å². The lowest BCUT2D eigenvalue weighted by molar-refractivity contribution is -0.302. The smallest absolute Gasteiger partial charge is 0.438 e. The molecule has 0 bridgehead atoms. The number of hydrogen-bond donors (Lipinski definition) is 1. The minimum atomic E-state index is -5.09. The lowest BCUT2D eigenvalue weighted by atomic mass is 9.99. The first kappa shape index (κ1) is 22.6. The third-order valence-electron chi connectivity index (χ3n) is 5.17. The molecule has 166 valence electrons. The SMILES string of the molecule is CCc1ccc(C2=NN(C(=O)Cc3ccc(OC)c(OC)c3)C(O)(C(F)(F)F)C2)cc1. The molecule has 1 N–H and O–H groups in total. The molecule has 0 radical (unpaired) electrons. The molecular weight excluding hydrogens is 413 g/mol. The molecule has 0 aromatic heterocycles. The molecular formula is C22H23F3N2O4. The molecule has 2 aromatic carbocycles. The number of hydrogen-bond acceptors (Lipinski definition) is 5. The number of rotatable bonds is 6. The van der Waals surface area contributed by atoms with Crippen LogP contribution in [0.1, 0.15) is 30.0 Å². The summed E-state index contributed by atoms with van der Waals surface area (Å²) in [5, 5.41) is 14.5. The van der Waals surface area contributed by atoms with Gasteiger partial charge in [-0.1, -0.05) is 37.3 Å². The fourth-order valence-corrected chi connectivity index (χ4v) is 3.36. The molecule has 1 unspecified atom stereocenters. The molecule has 6 nitrogen and oxygen atoms in total. The van der Waals surface area contributed by atoms with Gasteiger partial charge in [0.25, 0.3) is 5.72 Å². The van der Waals surface area contributed by atoms with Crippen LogP contribution < -0.4 is 9.47 Å². The summed E-state index contributed by atoms with van der Waals surface area (Å²) in [5.74, 6) is -0.241. The normalized spacial score (nSPS) is 18.7. The van der Waals surface area contributed by atoms with Gasteiger partial charge in [-0.2, -0.15) is 23.3 Å². The maximum Gasteiger partial charge on any atom is 0.438 e. The first-order valence-electron chi connectivity index (χ1n) is 9.62. The number of alkyl halides is 3. The molecule has 0 saturated carbocycles. The molecule has 0 spiro atoms. The van der Waals surface area contributed by atoms with Crippen LogP contribution in [-0.2, 0) is 17.6 Å². The zero-order chi connectivity index (χ0) is 22.8. The molecule has 1 atom stereocenters. The van der Waals surface area contributed by atoms with Crippen molar-refractivity contribution in [1.29, 1.82) is 0 Å². The maximum atomic E-state index is 13.8. The summed E-state index contributed by atoms with van der Waals surface area (Å²) in [7, 11) is 2.85. The summed E-state index contributed by atoms with van der Waals surface area (Å²) in [6, 6.07) is 11.4. The van der Waals surface area contributed by atoms with Crippen LogP contribution in [0.5, 0.6) is 11.5 Å². The van der Waals surface area contributed by atoms with Gasteiger partial charge in [0, 0.05) is 0 Å². The highest BCUT2D eigenvalue weighted by Crippen LogP contribution is 2.41. The van der Waals surface area contributed by atoms with Gasteiger partial charge < -0.3 is 14.6 Å². The molecule has 3 rings (SSSR count). The van der Waals surface area contributed by atoms with Gasteiger partial charge in [0.2, 0.25) is 5.91 Å². The topological polar surface area (TPSA) is 71.4 Å². The van der Waals surface area contributed by atoms with Crippen LogP contribution in [0.3, 0.4) is 0 Å². The first-order valence-corrected chi connectivity index (χ1v) is 9.62. The molecule has 1 heterocycles. The van der Waals surface area contributed by atoms with E-state index < -0.39 is 30.7 Å². The zero-order valence-corrected chi connectivity index (χ0v) is 17.4. The fourth-order valence-electron chi connectivity index (χ4n) is 3.36. The molecule has 31 heavy (non-hydrogen) atoms. The number of aryl methyl sites for hydroxylation is 1. The van der Waals surface area contributed by atoms with Crippen LogP contribution in [0.2, 0.25) is 0 Å². The lowest BCUT2D eigenvalue weighted by Gasteiger charge is -2.32. The van der Waals surface area contributed by atoms with Crippen molar-refractivity contribution in [3.05, 3.63) is 59.2 Å². The van der Waals surface area contributed by atoms with Crippen LogP contribution in [0, 0.1) is 0 Å². The summed E-state index contributed by atoms with van der Waals surface area (Å²) < 4.78 is 51.6. The quantitative estimate of drug-likeness (QED) is 0.750. The van der Waals surface area contributed by atoms with Crippen molar-refractivity contribution >= 4 is 11.6 Å². The van der Waals surface area contributed by atoms with E-state index in [1.54, 1.807) is 30.3 Å². The van der Waals surface area contributed by atoms with E-state index in [1.165, 1.54) is 26.4 Å². The first-order chi connectivity index (χ1) is 14.6. The van der Waals surface area contributed by atoms with Gasteiger partial charge in [-0.05, 0) is 35.2 Å². The summed E-state index contributed by atoms with van der Waals surface area (Å²) >= 11 is 0. The molecule has 1 aliphatic rings. The third-order valence-corrected chi connectivity index (χ3v) is 5.17. The average Bonchev–Trinajstić information content (AvgIpc) is 3.12. The molecule has 9 heteroatoms. The standard InChI is InChI=1S/C22H23F3N2O4/c1-4-14-5-8-16(9-6-14)17-13-21(29,22(23,24)25)27(26-17)20(28)12-15-7-10-18(30-2)19(11-15)31-3/h5-11,29H,4,12-13H2,1-3H3. The van der Waals surface area contributed by atoms with Gasteiger partial charge in [-0.3, -0.25) is 4.79 Å². The number of halogens is 3. The Morgan fingerprint density at radius 1 is 1.10 bits per heavy atom. The summed E-state index contributed by atoms with van der Waals surface area (Å²) in [6.07, 6.45) is -5.58. The maximum absolute atomic E-state index is 13.8. The van der Waals surface area contributed by atoms with Crippen molar-refractivity contribution < 1.29 is 32.5 Å². The molecule has 1 amide bonds. The Labute approximate surface area is 177 Å². The second kappa shape index (κ2) is 8.58. The average molecular weight is 436 g/mol. The predicted octanol–water partition coefficient (Wildman–Crippen LogP) is 3.70. The second-order valence-electron chi connectivity index (χ2n) is 7.16. The number of ether oxygens (including phenoxy) is 2. The Kier molecular flexibility index (Phi) is 6.26. The van der Waals surface area contributed by atoms with E-state index in [4.69, 9.17) is 9.47 Å². The highest BCUT2D eigenvalue weighted by Gasteiger charge is 2.63. The van der Waals surface area contributed by atoms with Crippen LogP contribution >= 0.6 is 0 Å². The summed E-state index contributed by atoms with van der Waals surface area (Å²) in [6.45, 7) is 1.96. The van der Waals surface area contributed by atoms with Gasteiger partial charge in [0.15, 0.2) is 11.5 Å². The Morgan fingerprint density at radius 3 is 2.26 bits per heavy atom. The van der Waals surface area contributed by atoms with E-state index >= 15 is 0 Å². The van der Waals surface area contributed by atoms with Crippen molar-refractivity contribution in [3.63, 3.8) is 0 Å². The van der Waals surface area contributed by atoms with Crippen molar-refractivity contribution in [2.75, 3.05) is 14.2 Å². The van der Waals surface area contributed by atoms with E-state index in [9.17, 15) is 23.1 Å². The Bertz CT molecular complexity index is 989. The Balaban J connectivity index is 1.92. The van der Waals surface area contributed by atoms with Gasteiger partial charge in [-0.15, -0.1) is 0 Å². The number of methoxy groups -OCH3 is 2. The van der Waals surface area contributed by atoms with E-state index in [1.807, 2.05) is 6.92 Å². The van der Waals surface area contributed by atoms with E-state index in [0.717, 1.165) is 12.0 Å². The molecule has 1 aliphatic heterocycles. The fraction of sp³-hybridized carbons (Fsp3) is 0.364. The minimum absolute atomic E-state index is 0.0110. The lowest BCUT2D eigenvalue weighted by Crippen LogP contribution is -2.57. The number of nitrogens with zero attached hydrogens (tertiary/aromatic N) is 2. The van der Waals surface area contributed by atoms with Gasteiger partial charge in [0.1, 0.15) is 0 Å². The Hall–Kier alpha value is -3.07. The van der Waals surface area contributed by atoms with Gasteiger partial charge in [0.05, 0.1) is 32.8 Å². The number of hydrazone groups is 1. The highest BCUT2D eigenvalue weighted by atomic mass is 19.4. The minimum Gasteiger partial charge on any atom is -0.493 e. The third kappa shape index (κ3) is 4.36. The van der Waals surface area contributed by atoms with Crippen molar-refractivity contribution in [2.24, 2.45) is 5.10 Å². The molecule has 0 fully saturated rings. The summed E-state index contributed by atoms with van der Waals surface area (Å²) in [4.78, 5) is 12.8. The van der Waals surface area contributed by atoms with Crippen LogP contribution in [0.25, 0.3) is 0 Å². The number of benzene rings is 2. The second-order valence-corrected chi connectivity index (χ2v) is 7.16. The largest absolute Gasteiger partial charge is 0.493 e. The van der Waals surface area contributed by atoms with Crippen molar-refractivity contribution in [3.8, 4) is 11.5 Å². The van der Waals surface area contributed by atoms with Crippen LogP contribution in [0.15, 0.2) is 47.6 Å². The van der Waals surface area contributed by atoms with E-state index in [2.05, 4.69) is 5.10 Å². The van der Waals surface area contributed by atoms with Gasteiger partial charge in [-0.25, -0.2) is 0 Å². The van der Waals surface area contributed by atoms with E-state index in [-0.39, 0.29) is 10.7 Å². The number of aliphatic hydroxyl groups is 1. The predicted molar refractivity (Wildman–Crippen MR) is 108 cm³/mol. The monoisotopic (exact) mass is 436 g/mol. The summed E-state index contributed by atoms with van der Waals surface area (Å²) in [5.41, 5.74) is -1.61. The molecule has 0 aliphatic carbocycles. The zero-order valence-electron chi connectivity index (χ0n) is 17.4. The van der Waals surface area contributed by atoms with Crippen molar-refractivity contribution in [2.45, 2.75) is 38.1 Å². The van der Waals surface area contributed by atoms with Gasteiger partial charge >= 0.3 is 6.18 Å². The number of carbonyl (C=O) groups is 1.